The van der Waals surface area contributed by atoms with E-state index in [0.29, 0.717) is 17.5 Å². The number of nitrogens with zero attached hydrogens (tertiary/aromatic N) is 4. The van der Waals surface area contributed by atoms with Crippen molar-refractivity contribution in [1.29, 1.82) is 0 Å². The molecule has 1 aliphatic heterocycles. The molecule has 3 atom stereocenters. The van der Waals surface area contributed by atoms with E-state index in [0.717, 1.165) is 42.0 Å². The number of hydrogen-bond donors (Lipinski definition) is 0. The first-order valence-corrected chi connectivity index (χ1v) is 9.16. The van der Waals surface area contributed by atoms with Crippen molar-refractivity contribution in [3.05, 3.63) is 23.5 Å². The van der Waals surface area contributed by atoms with Gasteiger partial charge in [0, 0.05) is 31.2 Å². The second kappa shape index (κ2) is 5.87. The number of rotatable bonds is 1. The monoisotopic (exact) mass is 326 g/mol. The van der Waals surface area contributed by atoms with Gasteiger partial charge in [0.25, 0.3) is 5.91 Å². The second-order valence-electron chi connectivity index (χ2n) is 7.58. The number of aromatic nitrogens is 3. The fourth-order valence-electron chi connectivity index (χ4n) is 4.76. The summed E-state index contributed by atoms with van der Waals surface area (Å²) in [6.45, 7) is 5.21. The van der Waals surface area contributed by atoms with E-state index in [1.165, 1.54) is 19.3 Å². The summed E-state index contributed by atoms with van der Waals surface area (Å²) in [6, 6.07) is 2.39. The van der Waals surface area contributed by atoms with E-state index in [-0.39, 0.29) is 5.91 Å². The molecule has 0 radical (unpaired) electrons. The highest BCUT2D eigenvalue weighted by Gasteiger charge is 2.39. The Labute approximate surface area is 143 Å². The van der Waals surface area contributed by atoms with Gasteiger partial charge in [0.05, 0.1) is 11.3 Å². The standard InChI is InChI=1S/C19H26N4O/c1-12-8-9-23(17-7-5-4-6-15(12)17)19(24)14-10-16-13(2)21-22(3)18(16)20-11-14/h10-12,15,17H,4-9H2,1-3H3/t12-,15-,17+/m0/s1. The van der Waals surface area contributed by atoms with Crippen LogP contribution in [0, 0.1) is 18.8 Å². The van der Waals surface area contributed by atoms with Gasteiger partial charge in [-0.15, -0.1) is 0 Å². The minimum absolute atomic E-state index is 0.149. The van der Waals surface area contributed by atoms with Gasteiger partial charge in [-0.3, -0.25) is 9.48 Å². The third-order valence-electron chi connectivity index (χ3n) is 6.11. The quantitative estimate of drug-likeness (QED) is 0.808. The zero-order valence-electron chi connectivity index (χ0n) is 14.8. The Hall–Kier alpha value is -1.91. The van der Waals surface area contributed by atoms with Crippen LogP contribution in [0.1, 0.15) is 55.1 Å². The maximum absolute atomic E-state index is 13.2. The van der Waals surface area contributed by atoms with Crippen LogP contribution in [-0.4, -0.2) is 38.2 Å². The lowest BCUT2D eigenvalue weighted by atomic mass is 9.72. The number of hydrogen-bond acceptors (Lipinski definition) is 3. The van der Waals surface area contributed by atoms with Gasteiger partial charge in [-0.1, -0.05) is 19.8 Å². The average Bonchev–Trinajstić information content (AvgIpc) is 2.89. The van der Waals surface area contributed by atoms with Crippen LogP contribution < -0.4 is 0 Å². The summed E-state index contributed by atoms with van der Waals surface area (Å²) >= 11 is 0. The molecule has 1 saturated heterocycles. The lowest BCUT2D eigenvalue weighted by Gasteiger charge is -2.47. The molecule has 0 bridgehead atoms. The van der Waals surface area contributed by atoms with Gasteiger partial charge < -0.3 is 4.90 Å². The molecule has 1 amide bonds. The van der Waals surface area contributed by atoms with E-state index in [1.807, 2.05) is 20.0 Å². The minimum Gasteiger partial charge on any atom is -0.335 e. The molecule has 2 aromatic heterocycles. The van der Waals surface area contributed by atoms with Crippen LogP contribution in [0.3, 0.4) is 0 Å². The third kappa shape index (κ3) is 2.41. The van der Waals surface area contributed by atoms with Crippen molar-refractivity contribution in [3.8, 4) is 0 Å². The Balaban J connectivity index is 1.66. The molecule has 2 fully saturated rings. The lowest BCUT2D eigenvalue weighted by molar-refractivity contribution is 0.0217. The van der Waals surface area contributed by atoms with Gasteiger partial charge in [-0.2, -0.15) is 5.10 Å². The second-order valence-corrected chi connectivity index (χ2v) is 7.58. The number of amides is 1. The summed E-state index contributed by atoms with van der Waals surface area (Å²) in [5.41, 5.74) is 2.47. The Morgan fingerprint density at radius 1 is 1.25 bits per heavy atom. The summed E-state index contributed by atoms with van der Waals surface area (Å²) in [6.07, 6.45) is 7.83. The first-order valence-electron chi connectivity index (χ1n) is 9.16. The summed E-state index contributed by atoms with van der Waals surface area (Å²) < 4.78 is 1.78. The molecule has 0 unspecified atom stereocenters. The molecule has 1 saturated carbocycles. The normalized spacial score (nSPS) is 27.3. The molecule has 0 spiro atoms. The Morgan fingerprint density at radius 2 is 2.04 bits per heavy atom. The van der Waals surface area contributed by atoms with Crippen LogP contribution in [0.4, 0.5) is 0 Å². The van der Waals surface area contributed by atoms with Crippen LogP contribution in [0.15, 0.2) is 12.3 Å². The molecule has 128 valence electrons. The highest BCUT2D eigenvalue weighted by Crippen LogP contribution is 2.39. The van der Waals surface area contributed by atoms with E-state index in [1.54, 1.807) is 10.9 Å². The van der Waals surface area contributed by atoms with Crippen molar-refractivity contribution in [3.63, 3.8) is 0 Å². The highest BCUT2D eigenvalue weighted by molar-refractivity contribution is 5.97. The summed E-state index contributed by atoms with van der Waals surface area (Å²) in [5.74, 6) is 1.56. The van der Waals surface area contributed by atoms with E-state index in [9.17, 15) is 4.79 Å². The van der Waals surface area contributed by atoms with E-state index in [2.05, 4.69) is 21.9 Å². The fraction of sp³-hybridized carbons (Fsp3) is 0.632. The van der Waals surface area contributed by atoms with Gasteiger partial charge in [0.1, 0.15) is 0 Å². The van der Waals surface area contributed by atoms with Crippen LogP contribution in [0.5, 0.6) is 0 Å². The smallest absolute Gasteiger partial charge is 0.255 e. The molecule has 4 rings (SSSR count). The zero-order chi connectivity index (χ0) is 16.8. The molecule has 5 heteroatoms. The average molecular weight is 326 g/mol. The largest absolute Gasteiger partial charge is 0.335 e. The predicted octanol–water partition coefficient (Wildman–Crippen LogP) is 3.32. The van der Waals surface area contributed by atoms with Crippen LogP contribution >= 0.6 is 0 Å². The molecule has 1 aliphatic carbocycles. The van der Waals surface area contributed by atoms with Crippen molar-refractivity contribution in [2.75, 3.05) is 6.54 Å². The van der Waals surface area contributed by atoms with Gasteiger partial charge in [-0.25, -0.2) is 4.98 Å². The molecular formula is C19H26N4O. The van der Waals surface area contributed by atoms with Crippen LogP contribution in [0.2, 0.25) is 0 Å². The third-order valence-corrected chi connectivity index (χ3v) is 6.11. The fourth-order valence-corrected chi connectivity index (χ4v) is 4.76. The summed E-state index contributed by atoms with van der Waals surface area (Å²) in [5, 5.41) is 5.39. The number of carbonyl (C=O) groups excluding carboxylic acids is 1. The summed E-state index contributed by atoms with van der Waals surface area (Å²) in [7, 11) is 1.89. The molecule has 0 aromatic carbocycles. The Kier molecular flexibility index (Phi) is 3.82. The number of pyridine rings is 1. The van der Waals surface area contributed by atoms with Gasteiger partial charge >= 0.3 is 0 Å². The number of carbonyl (C=O) groups is 1. The molecule has 2 aromatic rings. The van der Waals surface area contributed by atoms with Gasteiger partial charge in [0.2, 0.25) is 0 Å². The summed E-state index contributed by atoms with van der Waals surface area (Å²) in [4.78, 5) is 19.8. The van der Waals surface area contributed by atoms with Crippen molar-refractivity contribution in [2.45, 2.75) is 52.0 Å². The number of fused-ring (bicyclic) bond motifs is 2. The van der Waals surface area contributed by atoms with Crippen LogP contribution in [-0.2, 0) is 7.05 Å². The van der Waals surface area contributed by atoms with Crippen molar-refractivity contribution in [1.82, 2.24) is 19.7 Å². The minimum atomic E-state index is 0.149. The molecule has 2 aliphatic rings. The van der Waals surface area contributed by atoms with Crippen molar-refractivity contribution in [2.24, 2.45) is 18.9 Å². The molecule has 0 N–H and O–H groups in total. The number of piperidine rings is 1. The SMILES string of the molecule is Cc1nn(C)c2ncc(C(=O)N3CC[C@H](C)[C@@H]4CCCC[C@H]43)cc12. The maximum atomic E-state index is 13.2. The first-order chi connectivity index (χ1) is 11.6. The molecule has 5 nitrogen and oxygen atoms in total. The van der Waals surface area contributed by atoms with E-state index >= 15 is 0 Å². The highest BCUT2D eigenvalue weighted by atomic mass is 16.2. The maximum Gasteiger partial charge on any atom is 0.255 e. The topological polar surface area (TPSA) is 51.0 Å². The van der Waals surface area contributed by atoms with E-state index in [4.69, 9.17) is 0 Å². The van der Waals surface area contributed by atoms with Gasteiger partial charge in [-0.05, 0) is 44.1 Å². The van der Waals surface area contributed by atoms with Crippen LogP contribution in [0.25, 0.3) is 11.0 Å². The molecule has 3 heterocycles. The predicted molar refractivity (Wildman–Crippen MR) is 93.8 cm³/mol. The first kappa shape index (κ1) is 15.6. The van der Waals surface area contributed by atoms with Gasteiger partial charge in [0.15, 0.2) is 5.65 Å². The number of aryl methyl sites for hydroxylation is 2. The van der Waals surface area contributed by atoms with E-state index < -0.39 is 0 Å². The van der Waals surface area contributed by atoms with Crippen molar-refractivity contribution >= 4 is 16.9 Å². The Bertz CT molecular complexity index is 781. The van der Waals surface area contributed by atoms with Crippen molar-refractivity contribution < 1.29 is 4.79 Å². The lowest BCUT2D eigenvalue weighted by Crippen LogP contribution is -2.52. The molecule has 24 heavy (non-hydrogen) atoms. The number of likely N-dealkylation sites (tertiary alicyclic amines) is 1. The zero-order valence-corrected chi connectivity index (χ0v) is 14.8. The Morgan fingerprint density at radius 3 is 2.88 bits per heavy atom. The molecular weight excluding hydrogens is 300 g/mol.